The van der Waals surface area contributed by atoms with Gasteiger partial charge < -0.3 is 23.8 Å². The van der Waals surface area contributed by atoms with Gasteiger partial charge in [0.05, 0.1) is 35.2 Å². The van der Waals surface area contributed by atoms with Crippen molar-refractivity contribution in [2.75, 3.05) is 64.1 Å². The maximum absolute atomic E-state index is 13.8. The van der Waals surface area contributed by atoms with Gasteiger partial charge in [0.1, 0.15) is 24.2 Å². The molecule has 1 unspecified atom stereocenters. The van der Waals surface area contributed by atoms with Crippen molar-refractivity contribution in [1.29, 1.82) is 0 Å². The Morgan fingerprint density at radius 2 is 1.72 bits per heavy atom. The number of hydrogen-bond donors (Lipinski definition) is 0. The summed E-state index contributed by atoms with van der Waals surface area (Å²) in [5.74, 6) is 1.17. The van der Waals surface area contributed by atoms with Gasteiger partial charge in [-0.2, -0.15) is 0 Å². The molecular weight excluding hydrogens is 780 g/mol. The molecule has 4 aromatic carbocycles. The first kappa shape index (κ1) is 39.9. The Kier molecular flexibility index (Phi) is 11.5. The molecule has 2 saturated heterocycles. The van der Waals surface area contributed by atoms with Crippen LogP contribution in [0.5, 0.6) is 17.2 Å². The van der Waals surface area contributed by atoms with Crippen LogP contribution in [0.15, 0.2) is 108 Å². The van der Waals surface area contributed by atoms with E-state index in [0.717, 1.165) is 66.3 Å². The zero-order valence-corrected chi connectivity index (χ0v) is 34.2. The van der Waals surface area contributed by atoms with E-state index in [0.29, 0.717) is 42.2 Å². The average Bonchev–Trinajstić information content (AvgIpc) is 3.66. The van der Waals surface area contributed by atoms with Gasteiger partial charge in [-0.05, 0) is 96.5 Å². The predicted molar refractivity (Wildman–Crippen MR) is 225 cm³/mol. The summed E-state index contributed by atoms with van der Waals surface area (Å²) < 4.78 is 51.6. The number of nitrogens with zero attached hydrogens (tertiary/aromatic N) is 4. The second kappa shape index (κ2) is 16.7. The van der Waals surface area contributed by atoms with Crippen LogP contribution in [-0.4, -0.2) is 87.5 Å². The summed E-state index contributed by atoms with van der Waals surface area (Å²) >= 11 is 6.22. The summed E-state index contributed by atoms with van der Waals surface area (Å²) in [5.41, 5.74) is 5.59. The van der Waals surface area contributed by atoms with Gasteiger partial charge in [0, 0.05) is 67.1 Å². The van der Waals surface area contributed by atoms with E-state index in [2.05, 4.69) is 41.8 Å². The number of nitro benzene ring substituents is 1. The highest BCUT2D eigenvalue weighted by molar-refractivity contribution is 7.90. The second-order valence-electron chi connectivity index (χ2n) is 15.9. The summed E-state index contributed by atoms with van der Waals surface area (Å²) in [6.07, 6.45) is 4.43. The lowest BCUT2D eigenvalue weighted by Gasteiger charge is -2.39. The lowest BCUT2D eigenvalue weighted by Crippen LogP contribution is -2.47. The lowest BCUT2D eigenvalue weighted by atomic mass is 9.72. The number of piperazine rings is 1. The van der Waals surface area contributed by atoms with E-state index < -0.39 is 20.6 Å². The summed E-state index contributed by atoms with van der Waals surface area (Å²) in [6.45, 7) is 10.6. The van der Waals surface area contributed by atoms with Gasteiger partial charge in [0.25, 0.3) is 10.0 Å². The van der Waals surface area contributed by atoms with Crippen LogP contribution in [0.3, 0.4) is 0 Å². The summed E-state index contributed by atoms with van der Waals surface area (Å²) in [7, 11) is -4.20. The minimum absolute atomic E-state index is 0.0339. The van der Waals surface area contributed by atoms with E-state index in [-0.39, 0.29) is 28.8 Å². The van der Waals surface area contributed by atoms with E-state index >= 15 is 0 Å². The van der Waals surface area contributed by atoms with Crippen molar-refractivity contribution in [3.63, 3.8) is 0 Å². The summed E-state index contributed by atoms with van der Waals surface area (Å²) in [6, 6.07) is 26.8. The van der Waals surface area contributed by atoms with Crippen LogP contribution in [0.4, 0.5) is 11.4 Å². The molecule has 304 valence electrons. The van der Waals surface area contributed by atoms with Crippen molar-refractivity contribution in [3.05, 3.63) is 123 Å². The standard InChI is InChI=1S/C44H47ClN4O8S/c1-44(2)16-14-33(40(27-44)31-6-8-34(45)9-7-31)28-46-18-20-47(21-19-46)35-4-3-5-36(25-35)57-37-10-12-41-32(24-37)15-17-48(41)58(52,53)39-11-13-43(42(26-39)49(50)51)56-30-38-29-54-22-23-55-38/h3-13,15,17,24-26,38H,14,16,18-23,27-30H2,1-2H3. The molecule has 1 atom stereocenters. The van der Waals surface area contributed by atoms with Gasteiger partial charge >= 0.3 is 5.69 Å². The number of hydrogen-bond acceptors (Lipinski definition) is 10. The largest absolute Gasteiger partial charge is 0.484 e. The molecule has 1 aromatic heterocycles. The average molecular weight is 827 g/mol. The van der Waals surface area contributed by atoms with Gasteiger partial charge in [-0.15, -0.1) is 0 Å². The second-order valence-corrected chi connectivity index (χ2v) is 18.1. The minimum Gasteiger partial charge on any atom is -0.484 e. The Hall–Kier alpha value is -4.92. The minimum atomic E-state index is -4.20. The first-order valence-electron chi connectivity index (χ1n) is 19.6. The maximum Gasteiger partial charge on any atom is 0.312 e. The molecule has 5 aromatic rings. The van der Waals surface area contributed by atoms with Crippen molar-refractivity contribution in [3.8, 4) is 17.2 Å². The van der Waals surface area contributed by atoms with Gasteiger partial charge in [-0.1, -0.05) is 49.2 Å². The first-order valence-corrected chi connectivity index (χ1v) is 21.4. The lowest BCUT2D eigenvalue weighted by molar-refractivity contribution is -0.386. The molecule has 3 aliphatic rings. The number of allylic oxidation sites excluding steroid dienone is 1. The van der Waals surface area contributed by atoms with Crippen LogP contribution in [0, 0.1) is 15.5 Å². The molecule has 3 heterocycles. The fourth-order valence-corrected chi connectivity index (χ4v) is 9.50. The van der Waals surface area contributed by atoms with E-state index in [4.69, 9.17) is 30.5 Å². The molecule has 0 N–H and O–H groups in total. The fraction of sp³-hybridized carbons (Fsp3) is 0.364. The highest BCUT2D eigenvalue weighted by atomic mass is 35.5. The molecule has 0 spiro atoms. The molecule has 1 aliphatic carbocycles. The molecule has 58 heavy (non-hydrogen) atoms. The topological polar surface area (TPSA) is 126 Å². The Morgan fingerprint density at radius 3 is 2.48 bits per heavy atom. The predicted octanol–water partition coefficient (Wildman–Crippen LogP) is 8.81. The van der Waals surface area contributed by atoms with E-state index in [1.807, 2.05) is 30.3 Å². The third-order valence-corrected chi connectivity index (χ3v) is 13.1. The van der Waals surface area contributed by atoms with Crippen LogP contribution in [0.25, 0.3) is 16.5 Å². The Labute approximate surface area is 343 Å². The molecule has 12 nitrogen and oxygen atoms in total. The first-order chi connectivity index (χ1) is 27.9. The van der Waals surface area contributed by atoms with Crippen molar-refractivity contribution in [2.45, 2.75) is 44.1 Å². The molecule has 14 heteroatoms. The van der Waals surface area contributed by atoms with Crippen LogP contribution < -0.4 is 14.4 Å². The zero-order chi connectivity index (χ0) is 40.4. The highest BCUT2D eigenvalue weighted by Crippen LogP contribution is 2.43. The normalized spacial score (nSPS) is 19.0. The summed E-state index contributed by atoms with van der Waals surface area (Å²) in [5, 5.41) is 13.3. The molecule has 2 fully saturated rings. The molecule has 0 bridgehead atoms. The van der Waals surface area contributed by atoms with Gasteiger partial charge in [0.2, 0.25) is 0 Å². The monoisotopic (exact) mass is 826 g/mol. The third-order valence-electron chi connectivity index (χ3n) is 11.2. The molecular formula is C44H47ClN4O8S. The van der Waals surface area contributed by atoms with E-state index in [1.54, 1.807) is 24.3 Å². The molecule has 0 amide bonds. The Morgan fingerprint density at radius 1 is 0.931 bits per heavy atom. The maximum atomic E-state index is 13.8. The van der Waals surface area contributed by atoms with Crippen LogP contribution in [-0.2, 0) is 19.5 Å². The van der Waals surface area contributed by atoms with Crippen molar-refractivity contribution >= 4 is 49.5 Å². The van der Waals surface area contributed by atoms with E-state index in [1.165, 1.54) is 41.5 Å². The molecule has 8 rings (SSSR count). The molecule has 0 saturated carbocycles. The highest BCUT2D eigenvalue weighted by Gasteiger charge is 2.30. The van der Waals surface area contributed by atoms with Gasteiger partial charge in [-0.3, -0.25) is 15.0 Å². The van der Waals surface area contributed by atoms with Crippen LogP contribution in [0.2, 0.25) is 5.02 Å². The fourth-order valence-electron chi connectivity index (χ4n) is 8.00. The number of aromatic nitrogens is 1. The quantitative estimate of drug-likeness (QED) is 0.0890. The van der Waals surface area contributed by atoms with Crippen LogP contribution in [0.1, 0.15) is 38.7 Å². The number of anilines is 1. The third kappa shape index (κ3) is 8.88. The number of halogens is 1. The molecule has 2 aliphatic heterocycles. The van der Waals surface area contributed by atoms with Crippen molar-refractivity contribution < 1.29 is 32.3 Å². The summed E-state index contributed by atoms with van der Waals surface area (Å²) in [4.78, 5) is 16.0. The number of fused-ring (bicyclic) bond motifs is 1. The van der Waals surface area contributed by atoms with Gasteiger partial charge in [-0.25, -0.2) is 12.4 Å². The van der Waals surface area contributed by atoms with Crippen LogP contribution >= 0.6 is 11.6 Å². The number of nitro groups is 1. The Balaban J connectivity index is 0.919. The smallest absolute Gasteiger partial charge is 0.312 e. The molecule has 0 radical (unpaired) electrons. The zero-order valence-electron chi connectivity index (χ0n) is 32.6. The number of ether oxygens (including phenoxy) is 4. The van der Waals surface area contributed by atoms with Gasteiger partial charge in [0.15, 0.2) is 5.75 Å². The SMILES string of the molecule is CC1(C)CCC(CN2CCN(c3cccc(Oc4ccc5c(ccn5S(=O)(=O)c5ccc(OCC6COCCO6)c([N+](=O)[O-])c5)c4)c3)CC2)=C(c2ccc(Cl)cc2)C1. The van der Waals surface area contributed by atoms with E-state index in [9.17, 15) is 18.5 Å². The van der Waals surface area contributed by atoms with Crippen molar-refractivity contribution in [1.82, 2.24) is 8.87 Å². The number of rotatable bonds is 12. The van der Waals surface area contributed by atoms with Crippen molar-refractivity contribution in [2.24, 2.45) is 5.41 Å². The number of benzene rings is 4. The Bertz CT molecular complexity index is 2440.